The van der Waals surface area contributed by atoms with Crippen molar-refractivity contribution in [1.29, 1.82) is 0 Å². The van der Waals surface area contributed by atoms with E-state index >= 15 is 0 Å². The molecule has 146 valence electrons. The molecular formula is C22H34O4. The summed E-state index contributed by atoms with van der Waals surface area (Å²) in [5.41, 5.74) is 6.82. The number of ether oxygens (including phenoxy) is 4. The Morgan fingerprint density at radius 3 is 0.885 bits per heavy atom. The molecule has 0 aliphatic rings. The van der Waals surface area contributed by atoms with Gasteiger partial charge in [0.2, 0.25) is 0 Å². The maximum absolute atomic E-state index is 5.30. The van der Waals surface area contributed by atoms with E-state index < -0.39 is 0 Å². The molecule has 0 radical (unpaired) electrons. The van der Waals surface area contributed by atoms with Crippen LogP contribution in [0.5, 0.6) is 0 Å². The third-order valence-electron chi connectivity index (χ3n) is 3.68. The minimum atomic E-state index is 0. The predicted molar refractivity (Wildman–Crippen MR) is 108 cm³/mol. The quantitative estimate of drug-likeness (QED) is 0.613. The summed E-state index contributed by atoms with van der Waals surface area (Å²) in [6.07, 6.45) is 0. The topological polar surface area (TPSA) is 36.9 Å². The second kappa shape index (κ2) is 12.6. The van der Waals surface area contributed by atoms with E-state index in [9.17, 15) is 0 Å². The lowest BCUT2D eigenvalue weighted by molar-refractivity contribution is 0.180. The van der Waals surface area contributed by atoms with Gasteiger partial charge in [-0.05, 0) is 57.6 Å². The van der Waals surface area contributed by atoms with Crippen molar-refractivity contribution in [3.8, 4) is 11.1 Å². The second-order valence-corrected chi connectivity index (χ2v) is 5.81. The number of hydrogen-bond donors (Lipinski definition) is 0. The molecule has 0 heterocycles. The van der Waals surface area contributed by atoms with Crippen molar-refractivity contribution in [2.75, 3.05) is 28.4 Å². The number of methoxy groups -OCH3 is 4. The molecule has 26 heavy (non-hydrogen) atoms. The average Bonchev–Trinajstić information content (AvgIpc) is 2.56. The first-order chi connectivity index (χ1) is 11.7. The Hall–Kier alpha value is -1.72. The van der Waals surface area contributed by atoms with Gasteiger partial charge in [0.1, 0.15) is 0 Å². The summed E-state index contributed by atoms with van der Waals surface area (Å²) in [4.78, 5) is 0. The standard InChI is InChI=1S/C20H26O4.2CH4/c1-21-11-15-5-16(12-22-2)8-19(7-15)20-9-17(13-23-3)6-18(10-20)14-24-4;;/h5-10H,11-14H2,1-4H3;2*1H4. The van der Waals surface area contributed by atoms with E-state index in [1.54, 1.807) is 28.4 Å². The average molecular weight is 363 g/mol. The zero-order valence-electron chi connectivity index (χ0n) is 14.9. The fraction of sp³-hybridized carbons (Fsp3) is 0.455. The van der Waals surface area contributed by atoms with Crippen LogP contribution in [0.15, 0.2) is 36.4 Å². The van der Waals surface area contributed by atoms with Crippen LogP contribution in [0.3, 0.4) is 0 Å². The smallest absolute Gasteiger partial charge is 0.0713 e. The van der Waals surface area contributed by atoms with E-state index in [1.165, 1.54) is 0 Å². The lowest BCUT2D eigenvalue weighted by atomic mass is 9.96. The van der Waals surface area contributed by atoms with E-state index in [0.717, 1.165) is 33.4 Å². The minimum Gasteiger partial charge on any atom is -0.380 e. The van der Waals surface area contributed by atoms with Gasteiger partial charge in [-0.25, -0.2) is 0 Å². The molecule has 2 aromatic rings. The van der Waals surface area contributed by atoms with Crippen molar-refractivity contribution in [3.05, 3.63) is 58.7 Å². The fourth-order valence-electron chi connectivity index (χ4n) is 2.86. The molecule has 0 bridgehead atoms. The van der Waals surface area contributed by atoms with Crippen molar-refractivity contribution in [1.82, 2.24) is 0 Å². The van der Waals surface area contributed by atoms with Gasteiger partial charge >= 0.3 is 0 Å². The summed E-state index contributed by atoms with van der Waals surface area (Å²) in [5.74, 6) is 0. The Bertz CT molecular complexity index is 547. The Morgan fingerprint density at radius 2 is 0.692 bits per heavy atom. The molecule has 0 atom stereocenters. The molecule has 0 spiro atoms. The van der Waals surface area contributed by atoms with Crippen LogP contribution in [0.1, 0.15) is 37.1 Å². The Balaban J connectivity index is 0.00000312. The molecule has 0 aromatic heterocycles. The highest BCUT2D eigenvalue weighted by Gasteiger charge is 2.07. The molecule has 0 N–H and O–H groups in total. The van der Waals surface area contributed by atoms with Gasteiger partial charge in [0.25, 0.3) is 0 Å². The van der Waals surface area contributed by atoms with E-state index in [2.05, 4.69) is 36.4 Å². The van der Waals surface area contributed by atoms with E-state index in [0.29, 0.717) is 26.4 Å². The molecule has 0 amide bonds. The Kier molecular flexibility index (Phi) is 11.8. The van der Waals surface area contributed by atoms with Crippen LogP contribution in [0.4, 0.5) is 0 Å². The van der Waals surface area contributed by atoms with Gasteiger partial charge < -0.3 is 18.9 Å². The van der Waals surface area contributed by atoms with Crippen LogP contribution in [0.25, 0.3) is 11.1 Å². The second-order valence-electron chi connectivity index (χ2n) is 5.81. The SMILES string of the molecule is C.C.COCc1cc(COC)cc(-c2cc(COC)cc(COC)c2)c1. The maximum Gasteiger partial charge on any atom is 0.0713 e. The highest BCUT2D eigenvalue weighted by Crippen LogP contribution is 2.26. The molecule has 0 aliphatic heterocycles. The van der Waals surface area contributed by atoms with Crippen LogP contribution < -0.4 is 0 Å². The summed E-state index contributed by atoms with van der Waals surface area (Å²) in [7, 11) is 6.83. The van der Waals surface area contributed by atoms with Crippen LogP contribution in [0.2, 0.25) is 0 Å². The predicted octanol–water partition coefficient (Wildman–Crippen LogP) is 5.21. The Morgan fingerprint density at radius 1 is 0.462 bits per heavy atom. The number of benzene rings is 2. The largest absolute Gasteiger partial charge is 0.380 e. The molecule has 2 aromatic carbocycles. The van der Waals surface area contributed by atoms with E-state index in [1.807, 2.05) is 0 Å². The molecule has 4 heteroatoms. The van der Waals surface area contributed by atoms with Gasteiger partial charge in [0, 0.05) is 28.4 Å². The van der Waals surface area contributed by atoms with Crippen LogP contribution in [-0.4, -0.2) is 28.4 Å². The molecule has 0 fully saturated rings. The summed E-state index contributed by atoms with van der Waals surface area (Å²) in [6, 6.07) is 12.9. The van der Waals surface area contributed by atoms with Crippen molar-refractivity contribution in [2.24, 2.45) is 0 Å². The van der Waals surface area contributed by atoms with Gasteiger partial charge in [-0.3, -0.25) is 0 Å². The molecule has 0 saturated carbocycles. The van der Waals surface area contributed by atoms with Crippen LogP contribution in [0, 0.1) is 0 Å². The van der Waals surface area contributed by atoms with Gasteiger partial charge in [-0.2, -0.15) is 0 Å². The van der Waals surface area contributed by atoms with Crippen LogP contribution >= 0.6 is 0 Å². The number of rotatable bonds is 9. The highest BCUT2D eigenvalue weighted by molar-refractivity contribution is 5.67. The molecule has 0 unspecified atom stereocenters. The fourth-order valence-corrected chi connectivity index (χ4v) is 2.86. The van der Waals surface area contributed by atoms with Crippen molar-refractivity contribution in [3.63, 3.8) is 0 Å². The van der Waals surface area contributed by atoms with Gasteiger partial charge in [0.05, 0.1) is 26.4 Å². The first kappa shape index (κ1) is 24.3. The first-order valence-corrected chi connectivity index (χ1v) is 7.92. The Labute approximate surface area is 159 Å². The normalized spacial score (nSPS) is 10.2. The molecule has 2 rings (SSSR count). The third kappa shape index (κ3) is 6.89. The summed E-state index contributed by atoms with van der Waals surface area (Å²) < 4.78 is 21.2. The highest BCUT2D eigenvalue weighted by atomic mass is 16.5. The monoisotopic (exact) mass is 362 g/mol. The third-order valence-corrected chi connectivity index (χ3v) is 3.68. The van der Waals surface area contributed by atoms with Gasteiger partial charge in [0.15, 0.2) is 0 Å². The zero-order chi connectivity index (χ0) is 17.4. The molecule has 0 aliphatic carbocycles. The molecular weight excluding hydrogens is 328 g/mol. The summed E-state index contributed by atoms with van der Waals surface area (Å²) in [5, 5.41) is 0. The van der Waals surface area contributed by atoms with Crippen LogP contribution in [-0.2, 0) is 45.4 Å². The lowest BCUT2D eigenvalue weighted by Gasteiger charge is -2.13. The van der Waals surface area contributed by atoms with Gasteiger partial charge in [-0.1, -0.05) is 27.0 Å². The molecule has 0 saturated heterocycles. The minimum absolute atomic E-state index is 0. The van der Waals surface area contributed by atoms with Crippen molar-refractivity contribution in [2.45, 2.75) is 41.3 Å². The lowest BCUT2D eigenvalue weighted by Crippen LogP contribution is -1.97. The van der Waals surface area contributed by atoms with Crippen molar-refractivity contribution < 1.29 is 18.9 Å². The van der Waals surface area contributed by atoms with Crippen molar-refractivity contribution >= 4 is 0 Å². The number of hydrogen-bond acceptors (Lipinski definition) is 4. The van der Waals surface area contributed by atoms with E-state index in [-0.39, 0.29) is 14.9 Å². The summed E-state index contributed by atoms with van der Waals surface area (Å²) >= 11 is 0. The summed E-state index contributed by atoms with van der Waals surface area (Å²) in [6.45, 7) is 2.31. The molecule has 4 nitrogen and oxygen atoms in total. The zero-order valence-corrected chi connectivity index (χ0v) is 14.9. The first-order valence-electron chi connectivity index (χ1n) is 7.92. The maximum atomic E-state index is 5.30. The van der Waals surface area contributed by atoms with Gasteiger partial charge in [-0.15, -0.1) is 0 Å². The van der Waals surface area contributed by atoms with E-state index in [4.69, 9.17) is 18.9 Å².